The summed E-state index contributed by atoms with van der Waals surface area (Å²) in [4.78, 5) is 68.9. The molecule has 1 saturated heterocycles. The molecule has 10 nitrogen and oxygen atoms in total. The number of carbonyl (C=O) groups is 4. The molecule has 0 radical (unpaired) electrons. The number of imide groups is 1. The van der Waals surface area contributed by atoms with Gasteiger partial charge in [0, 0.05) is 21.9 Å². The number of fused-ring (bicyclic) bond motifs is 3. The molecular formula is C36H29N3O7S2. The van der Waals surface area contributed by atoms with Gasteiger partial charge in [0.25, 0.3) is 0 Å². The molecule has 1 aromatic heterocycles. The smallest absolute Gasteiger partial charge is 0.338 e. The lowest BCUT2D eigenvalue weighted by atomic mass is 9.83. The van der Waals surface area contributed by atoms with E-state index in [4.69, 9.17) is 9.47 Å². The molecule has 12 heteroatoms. The number of carbonyl (C=O) groups excluding carboxylic acids is 4. The highest BCUT2D eigenvalue weighted by molar-refractivity contribution is 8.00. The molecule has 0 spiro atoms. The van der Waals surface area contributed by atoms with Crippen LogP contribution < -0.4 is 19.8 Å². The van der Waals surface area contributed by atoms with Gasteiger partial charge in [0.2, 0.25) is 17.7 Å². The summed E-state index contributed by atoms with van der Waals surface area (Å²) in [5.41, 5.74) is 1.99. The number of nitrogens with zero attached hydrogens (tertiary/aromatic N) is 2. The lowest BCUT2D eigenvalue weighted by Crippen LogP contribution is -2.33. The minimum atomic E-state index is -0.858. The third-order valence-corrected chi connectivity index (χ3v) is 11.1. The number of thiazole rings is 1. The van der Waals surface area contributed by atoms with Crippen LogP contribution in [0.4, 0.5) is 11.4 Å². The van der Waals surface area contributed by atoms with Crippen molar-refractivity contribution < 1.29 is 28.7 Å². The molecule has 3 atom stereocenters. The van der Waals surface area contributed by atoms with Gasteiger partial charge in [0.1, 0.15) is 17.5 Å². The molecule has 4 aromatic carbocycles. The standard InChI is InChI=1S/C36H29N3O7S2/c1-3-46-35(43)22-11-15-23(16-12-22)39-32(41)29-28(21-13-17-24(45-2)18-14-21)31-34(47-30(29)33(39)42)38(36(44)48-31)19-27(40)37-26-10-6-8-20-7-4-5-9-25(20)26/h4-18,28-30H,3,19H2,1-2H3,(H,37,40)/t28-,29-,30+/m0/s1. The van der Waals surface area contributed by atoms with Crippen molar-refractivity contribution in [2.45, 2.75) is 29.7 Å². The number of rotatable bonds is 8. The average Bonchev–Trinajstić information content (AvgIpc) is 3.54. The molecule has 0 bridgehead atoms. The predicted octanol–water partition coefficient (Wildman–Crippen LogP) is 5.68. The van der Waals surface area contributed by atoms with Crippen molar-refractivity contribution in [2.24, 2.45) is 5.92 Å². The number of thioether (sulfide) groups is 1. The van der Waals surface area contributed by atoms with Crippen LogP contribution in [0, 0.1) is 5.92 Å². The fourth-order valence-electron chi connectivity index (χ4n) is 6.31. The Hall–Kier alpha value is -5.20. The number of esters is 1. The molecule has 48 heavy (non-hydrogen) atoms. The number of ether oxygens (including phenoxy) is 2. The van der Waals surface area contributed by atoms with Gasteiger partial charge < -0.3 is 14.8 Å². The molecule has 1 fully saturated rings. The van der Waals surface area contributed by atoms with Crippen molar-refractivity contribution in [2.75, 3.05) is 23.9 Å². The van der Waals surface area contributed by atoms with E-state index in [2.05, 4.69) is 5.32 Å². The maximum Gasteiger partial charge on any atom is 0.338 e. The normalized spacial score (nSPS) is 18.4. The fourth-order valence-corrected chi connectivity index (χ4v) is 9.08. The van der Waals surface area contributed by atoms with Crippen molar-refractivity contribution in [3.05, 3.63) is 117 Å². The van der Waals surface area contributed by atoms with Crippen LogP contribution in [0.3, 0.4) is 0 Å². The van der Waals surface area contributed by atoms with E-state index in [9.17, 15) is 24.0 Å². The largest absolute Gasteiger partial charge is 0.497 e. The van der Waals surface area contributed by atoms with Crippen molar-refractivity contribution in [1.29, 1.82) is 0 Å². The lowest BCUT2D eigenvalue weighted by Gasteiger charge is -2.30. The van der Waals surface area contributed by atoms with Gasteiger partial charge in [-0.3, -0.25) is 23.7 Å². The topological polar surface area (TPSA) is 124 Å². The van der Waals surface area contributed by atoms with Gasteiger partial charge in [0.05, 0.1) is 35.9 Å². The number of nitrogens with one attached hydrogen (secondary N) is 1. The molecular weight excluding hydrogens is 651 g/mol. The summed E-state index contributed by atoms with van der Waals surface area (Å²) in [6.07, 6.45) is 0. The molecule has 0 unspecified atom stereocenters. The second kappa shape index (κ2) is 12.8. The van der Waals surface area contributed by atoms with Gasteiger partial charge in [-0.15, -0.1) is 0 Å². The molecule has 3 amide bonds. The molecule has 3 heterocycles. The summed E-state index contributed by atoms with van der Waals surface area (Å²) in [6.45, 7) is 1.66. The number of aromatic nitrogens is 1. The Kier molecular flexibility index (Phi) is 8.36. The Morgan fingerprint density at radius 1 is 0.875 bits per heavy atom. The summed E-state index contributed by atoms with van der Waals surface area (Å²) in [7, 11) is 1.56. The molecule has 0 aliphatic carbocycles. The van der Waals surface area contributed by atoms with Crippen LogP contribution in [0.1, 0.15) is 33.6 Å². The molecule has 1 N–H and O–H groups in total. The van der Waals surface area contributed by atoms with Crippen LogP contribution in [0.15, 0.2) is 101 Å². The molecule has 2 aliphatic rings. The summed E-state index contributed by atoms with van der Waals surface area (Å²) in [5, 5.41) is 4.41. The Bertz CT molecular complexity index is 2130. The zero-order valence-electron chi connectivity index (χ0n) is 25.9. The summed E-state index contributed by atoms with van der Waals surface area (Å²) >= 11 is 2.12. The molecule has 2 aliphatic heterocycles. The summed E-state index contributed by atoms with van der Waals surface area (Å²) in [6, 6.07) is 26.6. The first-order chi connectivity index (χ1) is 23.3. The number of amides is 3. The molecule has 0 saturated carbocycles. The highest BCUT2D eigenvalue weighted by atomic mass is 32.2. The first-order valence-electron chi connectivity index (χ1n) is 15.3. The van der Waals surface area contributed by atoms with Crippen LogP contribution in [0.25, 0.3) is 10.8 Å². The van der Waals surface area contributed by atoms with Crippen LogP contribution in [-0.2, 0) is 25.7 Å². The maximum atomic E-state index is 14.2. The van der Waals surface area contributed by atoms with E-state index >= 15 is 0 Å². The number of anilines is 2. The number of hydrogen-bond donors (Lipinski definition) is 1. The average molecular weight is 680 g/mol. The number of benzene rings is 4. The SMILES string of the molecule is CCOC(=O)c1ccc(N2C(=O)[C@H]3[C@H](c4ccc(OC)cc4)c4sc(=O)n(CC(=O)Nc5cccc6ccccc56)c4S[C@H]3C2=O)cc1. The van der Waals surface area contributed by atoms with Gasteiger partial charge >= 0.3 is 10.8 Å². The van der Waals surface area contributed by atoms with E-state index in [1.165, 1.54) is 16.7 Å². The van der Waals surface area contributed by atoms with Gasteiger partial charge in [-0.25, -0.2) is 9.69 Å². The van der Waals surface area contributed by atoms with Gasteiger partial charge in [0.15, 0.2) is 0 Å². The Labute approximate surface area is 283 Å². The predicted molar refractivity (Wildman–Crippen MR) is 184 cm³/mol. The third-order valence-electron chi connectivity index (χ3n) is 8.53. The molecule has 5 aromatic rings. The lowest BCUT2D eigenvalue weighted by molar-refractivity contribution is -0.122. The minimum absolute atomic E-state index is 0.219. The number of methoxy groups -OCH3 is 1. The number of hydrogen-bond acceptors (Lipinski definition) is 9. The molecule has 7 rings (SSSR count). The van der Waals surface area contributed by atoms with Crippen molar-refractivity contribution in [3.8, 4) is 5.75 Å². The van der Waals surface area contributed by atoms with E-state index in [0.717, 1.165) is 44.3 Å². The monoisotopic (exact) mass is 679 g/mol. The van der Waals surface area contributed by atoms with E-state index in [1.807, 2.05) is 54.6 Å². The van der Waals surface area contributed by atoms with E-state index in [-0.39, 0.29) is 18.0 Å². The zero-order chi connectivity index (χ0) is 33.5. The van der Waals surface area contributed by atoms with Crippen molar-refractivity contribution in [3.63, 3.8) is 0 Å². The minimum Gasteiger partial charge on any atom is -0.497 e. The van der Waals surface area contributed by atoms with Gasteiger partial charge in [-0.2, -0.15) is 0 Å². The Morgan fingerprint density at radius 2 is 1.60 bits per heavy atom. The van der Waals surface area contributed by atoms with Crippen LogP contribution in [0.5, 0.6) is 5.75 Å². The van der Waals surface area contributed by atoms with Crippen LogP contribution in [-0.4, -0.2) is 47.2 Å². The molecule has 242 valence electrons. The Morgan fingerprint density at radius 3 is 2.33 bits per heavy atom. The first kappa shape index (κ1) is 31.4. The second-order valence-electron chi connectivity index (χ2n) is 11.3. The van der Waals surface area contributed by atoms with E-state index < -0.39 is 40.8 Å². The zero-order valence-corrected chi connectivity index (χ0v) is 27.5. The highest BCUT2D eigenvalue weighted by Crippen LogP contribution is 2.54. The van der Waals surface area contributed by atoms with Crippen LogP contribution >= 0.6 is 23.1 Å². The van der Waals surface area contributed by atoms with Gasteiger partial charge in [-0.1, -0.05) is 71.6 Å². The third kappa shape index (κ3) is 5.46. The van der Waals surface area contributed by atoms with E-state index in [1.54, 1.807) is 38.3 Å². The van der Waals surface area contributed by atoms with Crippen molar-refractivity contribution in [1.82, 2.24) is 4.57 Å². The Balaban J connectivity index is 1.25. The maximum absolute atomic E-state index is 14.2. The second-order valence-corrected chi connectivity index (χ2v) is 13.4. The fraction of sp³-hybridized carbons (Fsp3) is 0.194. The quantitative estimate of drug-likeness (QED) is 0.164. The van der Waals surface area contributed by atoms with Gasteiger partial charge in [-0.05, 0) is 60.3 Å². The van der Waals surface area contributed by atoms with Crippen molar-refractivity contribution >= 4 is 68.9 Å². The highest BCUT2D eigenvalue weighted by Gasteiger charge is 2.56. The van der Waals surface area contributed by atoms with Crippen LogP contribution in [0.2, 0.25) is 0 Å². The van der Waals surface area contributed by atoms with E-state index in [0.29, 0.717) is 32.6 Å². The first-order valence-corrected chi connectivity index (χ1v) is 17.0. The summed E-state index contributed by atoms with van der Waals surface area (Å²) < 4.78 is 11.8. The summed E-state index contributed by atoms with van der Waals surface area (Å²) in [5.74, 6) is -2.56.